The second-order valence-electron chi connectivity index (χ2n) is 9.46. The molecule has 7 nitrogen and oxygen atoms in total. The average Bonchev–Trinajstić information content (AvgIpc) is 3.10. The maximum absolute atomic E-state index is 13.3. The predicted octanol–water partition coefficient (Wildman–Crippen LogP) is 4.06. The molecule has 1 aromatic heterocycles. The standard InChI is InChI=1S/C27H28FN5O2/c1-32-23(16-19-6-8-21(28)9-7-19)18-27(25(32)35)10-14-33(15-11-27)24(34)20-4-2-5-22(17-20)31-26-29-12-3-13-30-26/h2-9,12-13,17,23H,10-11,14-16,18H2,1H3,(H,29,30,31)/t23-/m1/s1. The molecule has 2 saturated heterocycles. The van der Waals surface area contributed by atoms with Gasteiger partial charge in [-0.3, -0.25) is 9.59 Å². The summed E-state index contributed by atoms with van der Waals surface area (Å²) < 4.78 is 13.3. The predicted molar refractivity (Wildman–Crippen MR) is 131 cm³/mol. The Morgan fingerprint density at radius 1 is 1.09 bits per heavy atom. The van der Waals surface area contributed by atoms with Crippen LogP contribution in [-0.4, -0.2) is 57.8 Å². The number of hydrogen-bond donors (Lipinski definition) is 1. The molecule has 2 amide bonds. The molecule has 2 aliphatic rings. The molecule has 35 heavy (non-hydrogen) atoms. The molecule has 1 N–H and O–H groups in total. The number of halogens is 1. The van der Waals surface area contributed by atoms with Crippen molar-refractivity contribution in [1.82, 2.24) is 19.8 Å². The van der Waals surface area contributed by atoms with E-state index in [1.165, 1.54) is 12.1 Å². The Kier molecular flexibility index (Phi) is 6.19. The van der Waals surface area contributed by atoms with Gasteiger partial charge in [0.05, 0.1) is 5.41 Å². The molecule has 0 radical (unpaired) electrons. The van der Waals surface area contributed by atoms with Crippen LogP contribution in [0, 0.1) is 11.2 Å². The molecule has 180 valence electrons. The number of likely N-dealkylation sites (tertiary alicyclic amines) is 2. The SMILES string of the molecule is CN1C(=O)C2(CCN(C(=O)c3cccc(Nc4ncccn4)c3)CC2)C[C@H]1Cc1ccc(F)cc1. The molecule has 0 aliphatic carbocycles. The van der Waals surface area contributed by atoms with Crippen molar-refractivity contribution < 1.29 is 14.0 Å². The van der Waals surface area contributed by atoms with Gasteiger partial charge in [-0.25, -0.2) is 14.4 Å². The van der Waals surface area contributed by atoms with E-state index in [-0.39, 0.29) is 23.7 Å². The highest BCUT2D eigenvalue weighted by molar-refractivity contribution is 5.95. The van der Waals surface area contributed by atoms with E-state index >= 15 is 0 Å². The summed E-state index contributed by atoms with van der Waals surface area (Å²) >= 11 is 0. The summed E-state index contributed by atoms with van der Waals surface area (Å²) in [6, 6.07) is 15.6. The number of nitrogens with one attached hydrogen (secondary N) is 1. The highest BCUT2D eigenvalue weighted by Crippen LogP contribution is 2.45. The number of rotatable bonds is 5. The highest BCUT2D eigenvalue weighted by atomic mass is 19.1. The molecule has 2 aliphatic heterocycles. The number of nitrogens with zero attached hydrogens (tertiary/aromatic N) is 4. The minimum atomic E-state index is -0.426. The summed E-state index contributed by atoms with van der Waals surface area (Å²) in [5.41, 5.74) is 1.93. The summed E-state index contributed by atoms with van der Waals surface area (Å²) in [4.78, 5) is 38.5. The summed E-state index contributed by atoms with van der Waals surface area (Å²) in [7, 11) is 1.86. The number of carbonyl (C=O) groups excluding carboxylic acids is 2. The van der Waals surface area contributed by atoms with Crippen LogP contribution in [0.2, 0.25) is 0 Å². The first-order chi connectivity index (χ1) is 16.9. The zero-order valence-electron chi connectivity index (χ0n) is 19.7. The van der Waals surface area contributed by atoms with Gasteiger partial charge in [0, 0.05) is 49.8 Å². The fourth-order valence-electron chi connectivity index (χ4n) is 5.28. The largest absolute Gasteiger partial charge is 0.342 e. The Morgan fingerprint density at radius 2 is 1.80 bits per heavy atom. The van der Waals surface area contributed by atoms with Crippen molar-refractivity contribution in [2.24, 2.45) is 5.41 Å². The van der Waals surface area contributed by atoms with Crippen LogP contribution in [0.3, 0.4) is 0 Å². The monoisotopic (exact) mass is 473 g/mol. The van der Waals surface area contributed by atoms with Crippen molar-refractivity contribution in [2.75, 3.05) is 25.5 Å². The molecule has 0 saturated carbocycles. The van der Waals surface area contributed by atoms with Gasteiger partial charge in [0.25, 0.3) is 5.91 Å². The molecule has 8 heteroatoms. The lowest BCUT2D eigenvalue weighted by Crippen LogP contribution is -2.46. The Balaban J connectivity index is 1.23. The van der Waals surface area contributed by atoms with Crippen molar-refractivity contribution in [1.29, 1.82) is 0 Å². The summed E-state index contributed by atoms with van der Waals surface area (Å²) in [5, 5.41) is 3.12. The first kappa shape index (κ1) is 23.0. The molecule has 1 spiro atoms. The minimum absolute atomic E-state index is 0.0425. The van der Waals surface area contributed by atoms with E-state index in [9.17, 15) is 14.0 Å². The summed E-state index contributed by atoms with van der Waals surface area (Å²) in [5.74, 6) is 0.328. The minimum Gasteiger partial charge on any atom is -0.342 e. The molecule has 3 aromatic rings. The molecular formula is C27H28FN5O2. The number of carbonyl (C=O) groups is 2. The molecule has 2 fully saturated rings. The number of benzene rings is 2. The van der Waals surface area contributed by atoms with E-state index < -0.39 is 5.41 Å². The Bertz CT molecular complexity index is 1210. The van der Waals surface area contributed by atoms with Crippen LogP contribution in [0.5, 0.6) is 0 Å². The van der Waals surface area contributed by atoms with Crippen LogP contribution in [0.4, 0.5) is 16.0 Å². The number of aromatic nitrogens is 2. The second kappa shape index (κ2) is 9.44. The van der Waals surface area contributed by atoms with E-state index in [0.717, 1.165) is 17.7 Å². The van der Waals surface area contributed by atoms with Crippen molar-refractivity contribution in [2.45, 2.75) is 31.7 Å². The summed E-state index contributed by atoms with van der Waals surface area (Å²) in [6.07, 6.45) is 6.07. The molecule has 1 atom stereocenters. The average molecular weight is 474 g/mol. The first-order valence-electron chi connectivity index (χ1n) is 11.9. The molecule has 5 rings (SSSR count). The number of anilines is 2. The van der Waals surface area contributed by atoms with Crippen molar-refractivity contribution in [3.05, 3.63) is 83.9 Å². The van der Waals surface area contributed by atoms with Gasteiger partial charge in [-0.05, 0) is 67.6 Å². The van der Waals surface area contributed by atoms with Gasteiger partial charge in [-0.15, -0.1) is 0 Å². The quantitative estimate of drug-likeness (QED) is 0.605. The van der Waals surface area contributed by atoms with Gasteiger partial charge in [0.1, 0.15) is 5.82 Å². The van der Waals surface area contributed by atoms with Gasteiger partial charge >= 0.3 is 0 Å². The molecular weight excluding hydrogens is 445 g/mol. The third-order valence-electron chi connectivity index (χ3n) is 7.27. The van der Waals surface area contributed by atoms with Crippen molar-refractivity contribution in [3.8, 4) is 0 Å². The third kappa shape index (κ3) is 4.73. The first-order valence-corrected chi connectivity index (χ1v) is 11.9. The van der Waals surface area contributed by atoms with Crippen LogP contribution in [0.1, 0.15) is 35.2 Å². The third-order valence-corrected chi connectivity index (χ3v) is 7.27. The lowest BCUT2D eigenvalue weighted by atomic mass is 9.75. The molecule has 2 aromatic carbocycles. The number of piperidine rings is 1. The molecule has 0 unspecified atom stereocenters. The Labute approximate surface area is 204 Å². The van der Waals surface area contributed by atoms with Crippen LogP contribution < -0.4 is 5.32 Å². The maximum atomic E-state index is 13.3. The Hall–Kier alpha value is -3.81. The molecule has 0 bridgehead atoms. The normalized spacial score (nSPS) is 19.3. The topological polar surface area (TPSA) is 78.4 Å². The van der Waals surface area contributed by atoms with Crippen LogP contribution in [0.25, 0.3) is 0 Å². The molecule has 3 heterocycles. The lowest BCUT2D eigenvalue weighted by Gasteiger charge is -2.37. The Morgan fingerprint density at radius 3 is 2.51 bits per heavy atom. The zero-order valence-corrected chi connectivity index (χ0v) is 19.7. The van der Waals surface area contributed by atoms with E-state index in [4.69, 9.17) is 0 Å². The highest BCUT2D eigenvalue weighted by Gasteiger charge is 2.51. The smallest absolute Gasteiger partial charge is 0.253 e. The lowest BCUT2D eigenvalue weighted by molar-refractivity contribution is -0.137. The zero-order chi connectivity index (χ0) is 24.4. The van der Waals surface area contributed by atoms with E-state index in [0.29, 0.717) is 43.9 Å². The van der Waals surface area contributed by atoms with Gasteiger partial charge in [0.15, 0.2) is 0 Å². The van der Waals surface area contributed by atoms with E-state index in [2.05, 4.69) is 15.3 Å². The fourth-order valence-corrected chi connectivity index (χ4v) is 5.28. The van der Waals surface area contributed by atoms with Gasteiger partial charge in [-0.2, -0.15) is 0 Å². The van der Waals surface area contributed by atoms with Gasteiger partial charge < -0.3 is 15.1 Å². The van der Waals surface area contributed by atoms with Crippen molar-refractivity contribution >= 4 is 23.5 Å². The maximum Gasteiger partial charge on any atom is 0.253 e. The second-order valence-corrected chi connectivity index (χ2v) is 9.46. The van der Waals surface area contributed by atoms with Crippen LogP contribution in [0.15, 0.2) is 67.0 Å². The van der Waals surface area contributed by atoms with Crippen molar-refractivity contribution in [3.63, 3.8) is 0 Å². The van der Waals surface area contributed by atoms with E-state index in [1.54, 1.807) is 42.7 Å². The van der Waals surface area contributed by atoms with Gasteiger partial charge in [-0.1, -0.05) is 18.2 Å². The van der Waals surface area contributed by atoms with E-state index in [1.807, 2.05) is 29.0 Å². The number of amides is 2. The van der Waals surface area contributed by atoms with Gasteiger partial charge in [0.2, 0.25) is 11.9 Å². The summed E-state index contributed by atoms with van der Waals surface area (Å²) in [6.45, 7) is 1.09. The van der Waals surface area contributed by atoms with Crippen LogP contribution >= 0.6 is 0 Å². The fraction of sp³-hybridized carbons (Fsp3) is 0.333. The van der Waals surface area contributed by atoms with Crippen LogP contribution in [-0.2, 0) is 11.2 Å². The number of hydrogen-bond acceptors (Lipinski definition) is 5. The number of likely N-dealkylation sites (N-methyl/N-ethyl adjacent to an activating group) is 1.